The summed E-state index contributed by atoms with van der Waals surface area (Å²) in [6.45, 7) is 12.4. The number of nitrogens with zero attached hydrogens (tertiary/aromatic N) is 3. The molecule has 10 heteroatoms. The van der Waals surface area contributed by atoms with Crippen LogP contribution in [-0.4, -0.2) is 51.9 Å². The number of carbonyl (C=O) groups excluding carboxylic acids is 2. The number of aromatic nitrogens is 2. The SMILES string of the molecule is CCNC(=O)[C@@H](NC(=O)c1nc(-c2cc(Cl)c(F)cc2F)n2c1CN(CC)CCC2)C(C)(C)C. The van der Waals surface area contributed by atoms with Gasteiger partial charge in [0.25, 0.3) is 5.91 Å². The molecule has 2 N–H and O–H groups in total. The maximum atomic E-state index is 14.8. The average Bonchev–Trinajstić information content (AvgIpc) is 2.96. The van der Waals surface area contributed by atoms with Crippen LogP contribution in [0.2, 0.25) is 5.02 Å². The Labute approximate surface area is 203 Å². The summed E-state index contributed by atoms with van der Waals surface area (Å²) >= 11 is 5.94. The predicted molar refractivity (Wildman–Crippen MR) is 128 cm³/mol. The Kier molecular flexibility index (Phi) is 7.98. The summed E-state index contributed by atoms with van der Waals surface area (Å²) in [7, 11) is 0. The minimum absolute atomic E-state index is 0.0211. The summed E-state index contributed by atoms with van der Waals surface area (Å²) in [6.07, 6.45) is 0.769. The highest BCUT2D eigenvalue weighted by Crippen LogP contribution is 2.31. The fourth-order valence-electron chi connectivity index (χ4n) is 4.13. The highest BCUT2D eigenvalue weighted by atomic mass is 35.5. The Bertz CT molecular complexity index is 1080. The van der Waals surface area contributed by atoms with Crippen LogP contribution in [0.4, 0.5) is 8.78 Å². The van der Waals surface area contributed by atoms with Crippen molar-refractivity contribution in [3.05, 3.63) is 40.2 Å². The Balaban J connectivity index is 2.11. The first-order chi connectivity index (χ1) is 16.0. The van der Waals surface area contributed by atoms with E-state index in [2.05, 4.69) is 20.5 Å². The van der Waals surface area contributed by atoms with Crippen LogP contribution in [0.1, 0.15) is 57.2 Å². The van der Waals surface area contributed by atoms with E-state index < -0.39 is 29.0 Å². The lowest BCUT2D eigenvalue weighted by molar-refractivity contribution is -0.125. The summed E-state index contributed by atoms with van der Waals surface area (Å²) in [4.78, 5) is 32.8. The van der Waals surface area contributed by atoms with E-state index in [0.29, 0.717) is 25.3 Å². The van der Waals surface area contributed by atoms with Gasteiger partial charge in [-0.2, -0.15) is 0 Å². The van der Waals surface area contributed by atoms with Crippen molar-refractivity contribution < 1.29 is 18.4 Å². The van der Waals surface area contributed by atoms with Crippen molar-refractivity contribution in [3.63, 3.8) is 0 Å². The lowest BCUT2D eigenvalue weighted by Crippen LogP contribution is -2.53. The molecule has 0 spiro atoms. The van der Waals surface area contributed by atoms with E-state index in [1.54, 1.807) is 4.57 Å². The van der Waals surface area contributed by atoms with Crippen LogP contribution in [0.3, 0.4) is 0 Å². The standard InChI is InChI=1S/C24H32ClF2N5O2/c1-6-28-23(34)20(24(3,4)5)30-22(33)19-18-13-31(7-2)9-8-10-32(18)21(29-19)14-11-15(25)17(27)12-16(14)26/h11-12,20H,6-10,13H2,1-5H3,(H,28,34)(H,30,33)/t20-/m1/s1. The van der Waals surface area contributed by atoms with E-state index in [9.17, 15) is 18.4 Å². The van der Waals surface area contributed by atoms with Gasteiger partial charge in [-0.05, 0) is 31.4 Å². The number of halogens is 3. The van der Waals surface area contributed by atoms with Gasteiger partial charge in [-0.25, -0.2) is 13.8 Å². The number of benzene rings is 1. The molecule has 1 atom stereocenters. The molecule has 0 fully saturated rings. The number of rotatable bonds is 6. The quantitative estimate of drug-likeness (QED) is 0.594. The second-order valence-corrected chi connectivity index (χ2v) is 9.93. The van der Waals surface area contributed by atoms with Gasteiger partial charge in [-0.15, -0.1) is 0 Å². The van der Waals surface area contributed by atoms with E-state index in [1.807, 2.05) is 34.6 Å². The first-order valence-corrected chi connectivity index (χ1v) is 11.9. The molecule has 0 saturated heterocycles. The van der Waals surface area contributed by atoms with Crippen LogP contribution in [-0.2, 0) is 17.9 Å². The number of amides is 2. The molecule has 0 radical (unpaired) electrons. The molecule has 0 unspecified atom stereocenters. The smallest absolute Gasteiger partial charge is 0.272 e. The molecule has 2 aromatic rings. The summed E-state index contributed by atoms with van der Waals surface area (Å²) in [5, 5.41) is 5.37. The van der Waals surface area contributed by atoms with Crippen molar-refractivity contribution in [2.24, 2.45) is 5.41 Å². The Morgan fingerprint density at radius 2 is 1.88 bits per heavy atom. The van der Waals surface area contributed by atoms with E-state index in [1.165, 1.54) is 6.07 Å². The number of hydrogen-bond acceptors (Lipinski definition) is 4. The van der Waals surface area contributed by atoms with Crippen molar-refractivity contribution in [1.82, 2.24) is 25.1 Å². The fourth-order valence-corrected chi connectivity index (χ4v) is 4.30. The van der Waals surface area contributed by atoms with Crippen molar-refractivity contribution >= 4 is 23.4 Å². The van der Waals surface area contributed by atoms with E-state index in [4.69, 9.17) is 11.6 Å². The van der Waals surface area contributed by atoms with Gasteiger partial charge >= 0.3 is 0 Å². The summed E-state index contributed by atoms with van der Waals surface area (Å²) in [5.41, 5.74) is 0.206. The number of likely N-dealkylation sites (N-methyl/N-ethyl adjacent to an activating group) is 1. The summed E-state index contributed by atoms with van der Waals surface area (Å²) in [6, 6.07) is 1.11. The van der Waals surface area contributed by atoms with Crippen molar-refractivity contribution in [3.8, 4) is 11.4 Å². The normalized spacial score (nSPS) is 15.4. The first kappa shape index (κ1) is 26.1. The minimum Gasteiger partial charge on any atom is -0.355 e. The number of fused-ring (bicyclic) bond motifs is 1. The second-order valence-electron chi connectivity index (χ2n) is 9.52. The molecule has 1 aliphatic rings. The van der Waals surface area contributed by atoms with Gasteiger partial charge in [0.1, 0.15) is 23.5 Å². The molecule has 1 aromatic carbocycles. The molecular formula is C24H32ClF2N5O2. The Morgan fingerprint density at radius 1 is 1.18 bits per heavy atom. The molecule has 1 aliphatic heterocycles. The predicted octanol–water partition coefficient (Wildman–Crippen LogP) is 3.99. The molecule has 2 amide bonds. The number of nitrogens with one attached hydrogen (secondary N) is 2. The highest BCUT2D eigenvalue weighted by Gasteiger charge is 2.35. The maximum Gasteiger partial charge on any atom is 0.272 e. The molecule has 3 rings (SSSR count). The molecule has 7 nitrogen and oxygen atoms in total. The third-order valence-electron chi connectivity index (χ3n) is 5.97. The van der Waals surface area contributed by atoms with Crippen molar-refractivity contribution in [2.75, 3.05) is 19.6 Å². The van der Waals surface area contributed by atoms with Crippen LogP contribution in [0.5, 0.6) is 0 Å². The molecule has 0 aliphatic carbocycles. The number of imidazole rings is 1. The highest BCUT2D eigenvalue weighted by molar-refractivity contribution is 6.31. The van der Waals surface area contributed by atoms with Crippen LogP contribution in [0.15, 0.2) is 12.1 Å². The third-order valence-corrected chi connectivity index (χ3v) is 6.26. The lowest BCUT2D eigenvalue weighted by atomic mass is 9.86. The molecule has 1 aromatic heterocycles. The topological polar surface area (TPSA) is 79.3 Å². The maximum absolute atomic E-state index is 14.8. The van der Waals surface area contributed by atoms with Crippen LogP contribution < -0.4 is 10.6 Å². The molecule has 34 heavy (non-hydrogen) atoms. The van der Waals surface area contributed by atoms with Gasteiger partial charge in [0, 0.05) is 32.2 Å². The lowest BCUT2D eigenvalue weighted by Gasteiger charge is -2.30. The van der Waals surface area contributed by atoms with Crippen molar-refractivity contribution in [1.29, 1.82) is 0 Å². The first-order valence-electron chi connectivity index (χ1n) is 11.5. The van der Waals surface area contributed by atoms with Gasteiger partial charge in [-0.3, -0.25) is 14.5 Å². The zero-order valence-corrected chi connectivity index (χ0v) is 21.0. The third kappa shape index (κ3) is 5.41. The van der Waals surface area contributed by atoms with Gasteiger partial charge in [-0.1, -0.05) is 39.3 Å². The van der Waals surface area contributed by atoms with E-state index in [0.717, 1.165) is 25.6 Å². The summed E-state index contributed by atoms with van der Waals surface area (Å²) in [5.74, 6) is -2.28. The second kappa shape index (κ2) is 10.4. The van der Waals surface area contributed by atoms with Gasteiger partial charge in [0.05, 0.1) is 16.3 Å². The molecule has 2 heterocycles. The van der Waals surface area contributed by atoms with Gasteiger partial charge in [0.15, 0.2) is 5.69 Å². The molecule has 0 bridgehead atoms. The average molecular weight is 496 g/mol. The van der Waals surface area contributed by atoms with Gasteiger partial charge < -0.3 is 15.2 Å². The zero-order valence-electron chi connectivity index (χ0n) is 20.3. The number of carbonyl (C=O) groups is 2. The summed E-state index contributed by atoms with van der Waals surface area (Å²) < 4.78 is 30.4. The van der Waals surface area contributed by atoms with Crippen LogP contribution in [0.25, 0.3) is 11.4 Å². The fraction of sp³-hybridized carbons (Fsp3) is 0.542. The van der Waals surface area contributed by atoms with E-state index in [-0.39, 0.29) is 28.0 Å². The number of hydrogen-bond donors (Lipinski definition) is 2. The monoisotopic (exact) mass is 495 g/mol. The van der Waals surface area contributed by atoms with Gasteiger partial charge in [0.2, 0.25) is 5.91 Å². The van der Waals surface area contributed by atoms with Crippen LogP contribution in [0, 0.1) is 17.0 Å². The van der Waals surface area contributed by atoms with Crippen LogP contribution >= 0.6 is 11.6 Å². The largest absolute Gasteiger partial charge is 0.355 e. The van der Waals surface area contributed by atoms with Crippen molar-refractivity contribution in [2.45, 2.75) is 60.2 Å². The minimum atomic E-state index is -0.865. The van der Waals surface area contributed by atoms with E-state index >= 15 is 0 Å². The zero-order chi connectivity index (χ0) is 25.2. The Hall–Kier alpha value is -2.52. The molecular weight excluding hydrogens is 464 g/mol. The molecule has 0 saturated carbocycles. The Morgan fingerprint density at radius 3 is 2.50 bits per heavy atom. The molecule has 186 valence electrons.